The zero-order chi connectivity index (χ0) is 15.2. The molecule has 0 atom stereocenters. The van der Waals surface area contributed by atoms with Gasteiger partial charge in [-0.2, -0.15) is 0 Å². The monoisotopic (exact) mass is 277 g/mol. The van der Waals surface area contributed by atoms with E-state index in [2.05, 4.69) is 64.0 Å². The first-order valence-electron chi connectivity index (χ1n) is 7.89. The third kappa shape index (κ3) is 4.48. The van der Waals surface area contributed by atoms with Crippen LogP contribution in [-0.2, 0) is 13.0 Å². The van der Waals surface area contributed by atoms with Gasteiger partial charge >= 0.3 is 0 Å². The highest BCUT2D eigenvalue weighted by Crippen LogP contribution is 2.24. The van der Waals surface area contributed by atoms with Crippen LogP contribution in [0.1, 0.15) is 58.7 Å². The first-order valence-corrected chi connectivity index (χ1v) is 7.89. The normalized spacial score (nSPS) is 11.7. The number of pyridine rings is 1. The molecule has 0 fully saturated rings. The lowest BCUT2D eigenvalue weighted by molar-refractivity contribution is 0.466. The van der Waals surface area contributed by atoms with Crippen molar-refractivity contribution in [1.29, 1.82) is 0 Å². The molecule has 20 heavy (non-hydrogen) atoms. The third-order valence-electron chi connectivity index (χ3n) is 4.13. The number of aryl methyl sites for hydroxylation is 1. The molecule has 114 valence electrons. The SMILES string of the molecule is CCCc1cc(CNCC)cc(N(C)C(C)(C)CC)n1. The van der Waals surface area contributed by atoms with Crippen molar-refractivity contribution in [2.24, 2.45) is 0 Å². The molecule has 1 aromatic rings. The first kappa shape index (κ1) is 17.0. The van der Waals surface area contributed by atoms with Crippen molar-refractivity contribution in [2.75, 3.05) is 18.5 Å². The van der Waals surface area contributed by atoms with E-state index in [1.165, 1.54) is 11.3 Å². The molecule has 3 heteroatoms. The summed E-state index contributed by atoms with van der Waals surface area (Å²) in [5, 5.41) is 3.41. The Morgan fingerprint density at radius 2 is 1.90 bits per heavy atom. The van der Waals surface area contributed by atoms with E-state index in [1.807, 2.05) is 0 Å². The van der Waals surface area contributed by atoms with Crippen LogP contribution in [0.5, 0.6) is 0 Å². The van der Waals surface area contributed by atoms with Gasteiger partial charge in [-0.1, -0.05) is 27.2 Å². The minimum atomic E-state index is 0.132. The lowest BCUT2D eigenvalue weighted by atomic mass is 9.99. The summed E-state index contributed by atoms with van der Waals surface area (Å²) in [6.07, 6.45) is 3.29. The van der Waals surface area contributed by atoms with Gasteiger partial charge in [-0.3, -0.25) is 0 Å². The molecule has 0 aromatic carbocycles. The van der Waals surface area contributed by atoms with Crippen LogP contribution in [0.4, 0.5) is 5.82 Å². The highest BCUT2D eigenvalue weighted by molar-refractivity contribution is 5.44. The van der Waals surface area contributed by atoms with Crippen molar-refractivity contribution in [3.05, 3.63) is 23.4 Å². The maximum atomic E-state index is 4.84. The second-order valence-electron chi connectivity index (χ2n) is 6.08. The fourth-order valence-electron chi connectivity index (χ4n) is 2.11. The molecule has 0 aliphatic heterocycles. The number of aromatic nitrogens is 1. The number of rotatable bonds is 8. The zero-order valence-electron chi connectivity index (χ0n) is 14.1. The summed E-state index contributed by atoms with van der Waals surface area (Å²) in [7, 11) is 2.15. The van der Waals surface area contributed by atoms with Gasteiger partial charge in [0.2, 0.25) is 0 Å². The second kappa shape index (κ2) is 7.63. The number of hydrogen-bond acceptors (Lipinski definition) is 3. The van der Waals surface area contributed by atoms with E-state index < -0.39 is 0 Å². The second-order valence-corrected chi connectivity index (χ2v) is 6.08. The van der Waals surface area contributed by atoms with Crippen LogP contribution in [0.2, 0.25) is 0 Å². The van der Waals surface area contributed by atoms with E-state index in [0.717, 1.165) is 38.2 Å². The van der Waals surface area contributed by atoms with Gasteiger partial charge in [0.25, 0.3) is 0 Å². The van der Waals surface area contributed by atoms with Crippen molar-refractivity contribution in [3.8, 4) is 0 Å². The van der Waals surface area contributed by atoms with Crippen molar-refractivity contribution >= 4 is 5.82 Å². The average molecular weight is 277 g/mol. The van der Waals surface area contributed by atoms with Crippen molar-refractivity contribution in [3.63, 3.8) is 0 Å². The van der Waals surface area contributed by atoms with Crippen LogP contribution >= 0.6 is 0 Å². The van der Waals surface area contributed by atoms with Gasteiger partial charge in [0, 0.05) is 24.8 Å². The molecule has 1 N–H and O–H groups in total. The highest BCUT2D eigenvalue weighted by atomic mass is 15.2. The summed E-state index contributed by atoms with van der Waals surface area (Å²) in [5.41, 5.74) is 2.67. The van der Waals surface area contributed by atoms with Crippen LogP contribution < -0.4 is 10.2 Å². The Kier molecular flexibility index (Phi) is 6.47. The summed E-state index contributed by atoms with van der Waals surface area (Å²) >= 11 is 0. The molecule has 0 aliphatic carbocycles. The summed E-state index contributed by atoms with van der Waals surface area (Å²) in [6, 6.07) is 4.46. The Labute approximate surface area is 124 Å². The van der Waals surface area contributed by atoms with Gasteiger partial charge in [-0.05, 0) is 50.9 Å². The lowest BCUT2D eigenvalue weighted by Gasteiger charge is -2.36. The summed E-state index contributed by atoms with van der Waals surface area (Å²) in [5.74, 6) is 1.09. The predicted molar refractivity (Wildman–Crippen MR) is 88.4 cm³/mol. The highest BCUT2D eigenvalue weighted by Gasteiger charge is 2.22. The topological polar surface area (TPSA) is 28.2 Å². The number of anilines is 1. The fraction of sp³-hybridized carbons (Fsp3) is 0.706. The molecule has 0 radical (unpaired) electrons. The van der Waals surface area contributed by atoms with Gasteiger partial charge in [0.15, 0.2) is 0 Å². The molecule has 1 rings (SSSR count). The summed E-state index contributed by atoms with van der Waals surface area (Å²) in [6.45, 7) is 13.0. The van der Waals surface area contributed by atoms with Gasteiger partial charge in [-0.25, -0.2) is 4.98 Å². The molecule has 1 heterocycles. The number of nitrogens with zero attached hydrogens (tertiary/aromatic N) is 2. The molecular weight excluding hydrogens is 246 g/mol. The third-order valence-corrected chi connectivity index (χ3v) is 4.13. The van der Waals surface area contributed by atoms with Crippen molar-refractivity contribution < 1.29 is 0 Å². The summed E-state index contributed by atoms with van der Waals surface area (Å²) < 4.78 is 0. The van der Waals surface area contributed by atoms with E-state index in [9.17, 15) is 0 Å². The molecule has 0 saturated heterocycles. The number of hydrogen-bond donors (Lipinski definition) is 1. The van der Waals surface area contributed by atoms with Gasteiger partial charge in [0.1, 0.15) is 5.82 Å². The van der Waals surface area contributed by atoms with Crippen molar-refractivity contribution in [2.45, 2.75) is 66.0 Å². The Bertz CT molecular complexity index is 413. The molecule has 3 nitrogen and oxygen atoms in total. The smallest absolute Gasteiger partial charge is 0.129 e. The Balaban J connectivity index is 3.07. The molecule has 0 bridgehead atoms. The fourth-order valence-corrected chi connectivity index (χ4v) is 2.11. The van der Waals surface area contributed by atoms with E-state index in [4.69, 9.17) is 4.98 Å². The predicted octanol–water partition coefficient (Wildman–Crippen LogP) is 3.77. The molecular formula is C17H31N3. The van der Waals surface area contributed by atoms with E-state index in [0.29, 0.717) is 0 Å². The molecule has 0 aliphatic rings. The maximum Gasteiger partial charge on any atom is 0.129 e. The molecule has 0 unspecified atom stereocenters. The Hall–Kier alpha value is -1.09. The van der Waals surface area contributed by atoms with Gasteiger partial charge in [0.05, 0.1) is 0 Å². The standard InChI is InChI=1S/C17H31N3/c1-7-10-15-11-14(13-18-9-3)12-16(19-15)20(6)17(4,5)8-2/h11-12,18H,7-10,13H2,1-6H3. The van der Waals surface area contributed by atoms with E-state index >= 15 is 0 Å². The van der Waals surface area contributed by atoms with Crippen molar-refractivity contribution in [1.82, 2.24) is 10.3 Å². The Morgan fingerprint density at radius 1 is 1.20 bits per heavy atom. The van der Waals surface area contributed by atoms with Gasteiger partial charge in [-0.15, -0.1) is 0 Å². The average Bonchev–Trinajstić information content (AvgIpc) is 2.44. The molecule has 0 saturated carbocycles. The molecule has 1 aromatic heterocycles. The lowest BCUT2D eigenvalue weighted by Crippen LogP contribution is -2.41. The van der Waals surface area contributed by atoms with Crippen LogP contribution in [0.3, 0.4) is 0 Å². The Morgan fingerprint density at radius 3 is 2.45 bits per heavy atom. The van der Waals surface area contributed by atoms with Gasteiger partial charge < -0.3 is 10.2 Å². The maximum absolute atomic E-state index is 4.84. The minimum absolute atomic E-state index is 0.132. The summed E-state index contributed by atoms with van der Waals surface area (Å²) in [4.78, 5) is 7.15. The quantitative estimate of drug-likeness (QED) is 0.784. The van der Waals surface area contributed by atoms with Crippen LogP contribution in [-0.4, -0.2) is 24.1 Å². The molecule has 0 spiro atoms. The number of nitrogens with one attached hydrogen (secondary N) is 1. The van der Waals surface area contributed by atoms with E-state index in [-0.39, 0.29) is 5.54 Å². The zero-order valence-corrected chi connectivity index (χ0v) is 14.1. The minimum Gasteiger partial charge on any atom is -0.355 e. The van der Waals surface area contributed by atoms with Crippen LogP contribution in [0.15, 0.2) is 12.1 Å². The van der Waals surface area contributed by atoms with Crippen LogP contribution in [0, 0.1) is 0 Å². The largest absolute Gasteiger partial charge is 0.355 e. The van der Waals surface area contributed by atoms with E-state index in [1.54, 1.807) is 0 Å². The molecule has 0 amide bonds. The first-order chi connectivity index (χ1) is 9.44. The van der Waals surface area contributed by atoms with Crippen LogP contribution in [0.25, 0.3) is 0 Å².